The Kier molecular flexibility index (Phi) is 5.35. The molecule has 1 aromatic rings. The van der Waals surface area contributed by atoms with Crippen LogP contribution in [0.5, 0.6) is 0 Å². The van der Waals surface area contributed by atoms with Crippen LogP contribution in [0.1, 0.15) is 6.42 Å². The molecule has 0 radical (unpaired) electrons. The molecule has 1 aliphatic rings. The van der Waals surface area contributed by atoms with E-state index in [2.05, 4.69) is 27.5 Å². The number of anilines is 2. The van der Waals surface area contributed by atoms with Gasteiger partial charge < -0.3 is 10.6 Å². The van der Waals surface area contributed by atoms with Crippen molar-refractivity contribution in [2.24, 2.45) is 0 Å². The molecule has 2 N–H and O–H groups in total. The van der Waals surface area contributed by atoms with Gasteiger partial charge >= 0.3 is 0 Å². The van der Waals surface area contributed by atoms with Crippen LogP contribution in [0.3, 0.4) is 0 Å². The molecule has 0 spiro atoms. The Bertz CT molecular complexity index is 494. The minimum atomic E-state index is -0.376. The van der Waals surface area contributed by atoms with Gasteiger partial charge in [-0.05, 0) is 25.6 Å². The van der Waals surface area contributed by atoms with E-state index in [9.17, 15) is 10.1 Å². The molecule has 0 amide bonds. The largest absolute Gasteiger partial charge is 0.385 e. The van der Waals surface area contributed by atoms with Crippen molar-refractivity contribution in [1.29, 1.82) is 0 Å². The maximum absolute atomic E-state index is 10.9. The molecule has 1 aliphatic heterocycles. The van der Waals surface area contributed by atoms with Gasteiger partial charge in [0.1, 0.15) is 5.69 Å². The zero-order valence-electron chi connectivity index (χ0n) is 12.6. The summed E-state index contributed by atoms with van der Waals surface area (Å²) < 4.78 is 0. The summed E-state index contributed by atoms with van der Waals surface area (Å²) in [4.78, 5) is 15.2. The van der Waals surface area contributed by atoms with Gasteiger partial charge in [0, 0.05) is 45.0 Å². The Morgan fingerprint density at radius 3 is 2.81 bits per heavy atom. The molecule has 0 saturated carbocycles. The number of nitro groups is 1. The van der Waals surface area contributed by atoms with Gasteiger partial charge in [-0.15, -0.1) is 0 Å². The molecule has 7 nitrogen and oxygen atoms in total. The number of hydrogen-bond donors (Lipinski definition) is 2. The molecule has 1 fully saturated rings. The third-order valence-electron chi connectivity index (χ3n) is 3.68. The minimum absolute atomic E-state index is 0.100. The summed E-state index contributed by atoms with van der Waals surface area (Å²) in [5.74, 6) is 0. The summed E-state index contributed by atoms with van der Waals surface area (Å²) in [6.07, 6.45) is 1.06. The first kappa shape index (κ1) is 15.5. The second-order valence-corrected chi connectivity index (χ2v) is 5.36. The van der Waals surface area contributed by atoms with Gasteiger partial charge in [-0.3, -0.25) is 19.9 Å². The van der Waals surface area contributed by atoms with E-state index in [1.807, 2.05) is 0 Å². The fourth-order valence-electron chi connectivity index (χ4n) is 2.52. The monoisotopic (exact) mass is 293 g/mol. The number of rotatable bonds is 7. The zero-order valence-corrected chi connectivity index (χ0v) is 12.6. The van der Waals surface area contributed by atoms with Crippen molar-refractivity contribution in [2.75, 3.05) is 57.6 Å². The molecular weight excluding hydrogens is 270 g/mol. The summed E-state index contributed by atoms with van der Waals surface area (Å²) in [6.45, 7) is 5.26. The third-order valence-corrected chi connectivity index (χ3v) is 3.68. The fourth-order valence-corrected chi connectivity index (χ4v) is 2.52. The summed E-state index contributed by atoms with van der Waals surface area (Å²) >= 11 is 0. The lowest BCUT2D eigenvalue weighted by atomic mass is 10.2. The highest BCUT2D eigenvalue weighted by Crippen LogP contribution is 2.27. The molecule has 21 heavy (non-hydrogen) atoms. The van der Waals surface area contributed by atoms with Crippen LogP contribution < -0.4 is 10.6 Å². The zero-order chi connectivity index (χ0) is 15.2. The first-order valence-corrected chi connectivity index (χ1v) is 7.21. The van der Waals surface area contributed by atoms with Gasteiger partial charge in [0.25, 0.3) is 5.69 Å². The number of likely N-dealkylation sites (N-methyl/N-ethyl adjacent to an activating group) is 1. The third kappa shape index (κ3) is 4.30. The highest BCUT2D eigenvalue weighted by atomic mass is 16.6. The number of nitrogens with one attached hydrogen (secondary N) is 2. The van der Waals surface area contributed by atoms with Crippen molar-refractivity contribution >= 4 is 17.1 Å². The lowest BCUT2D eigenvalue weighted by molar-refractivity contribution is -0.383. The van der Waals surface area contributed by atoms with E-state index in [1.165, 1.54) is 6.07 Å². The Hall–Kier alpha value is -1.86. The predicted molar refractivity (Wildman–Crippen MR) is 84.8 cm³/mol. The highest BCUT2D eigenvalue weighted by Gasteiger charge is 2.15. The molecule has 0 unspecified atom stereocenters. The molecule has 1 saturated heterocycles. The Morgan fingerprint density at radius 2 is 2.19 bits per heavy atom. The topological polar surface area (TPSA) is 73.7 Å². The second-order valence-electron chi connectivity index (χ2n) is 5.36. The van der Waals surface area contributed by atoms with Crippen molar-refractivity contribution in [2.45, 2.75) is 6.42 Å². The lowest BCUT2D eigenvalue weighted by Crippen LogP contribution is -2.25. The molecule has 0 bridgehead atoms. The number of nitro benzene ring substituents is 1. The van der Waals surface area contributed by atoms with Gasteiger partial charge in [0.2, 0.25) is 0 Å². The molecule has 1 aromatic carbocycles. The molecule has 7 heteroatoms. The van der Waals surface area contributed by atoms with Crippen molar-refractivity contribution in [1.82, 2.24) is 9.80 Å². The molecule has 0 atom stereocenters. The quantitative estimate of drug-likeness (QED) is 0.452. The van der Waals surface area contributed by atoms with E-state index in [0.717, 1.165) is 45.0 Å². The minimum Gasteiger partial charge on any atom is -0.385 e. The first-order valence-electron chi connectivity index (χ1n) is 7.21. The summed E-state index contributed by atoms with van der Waals surface area (Å²) in [7, 11) is 3.82. The molecule has 2 rings (SSSR count). The van der Waals surface area contributed by atoms with Crippen LogP contribution in [0, 0.1) is 10.1 Å². The summed E-state index contributed by atoms with van der Waals surface area (Å²) in [6, 6.07) is 5.06. The van der Waals surface area contributed by atoms with E-state index in [1.54, 1.807) is 19.2 Å². The van der Waals surface area contributed by atoms with Gasteiger partial charge in [-0.25, -0.2) is 0 Å². The van der Waals surface area contributed by atoms with Crippen LogP contribution in [-0.2, 0) is 0 Å². The van der Waals surface area contributed by atoms with Crippen LogP contribution in [0.15, 0.2) is 18.2 Å². The second kappa shape index (κ2) is 7.24. The van der Waals surface area contributed by atoms with Crippen molar-refractivity contribution in [3.8, 4) is 0 Å². The Balaban J connectivity index is 1.79. The molecule has 116 valence electrons. The molecule has 0 aliphatic carbocycles. The van der Waals surface area contributed by atoms with Crippen LogP contribution in [0.4, 0.5) is 17.1 Å². The van der Waals surface area contributed by atoms with Gasteiger partial charge in [-0.1, -0.05) is 0 Å². The van der Waals surface area contributed by atoms with E-state index >= 15 is 0 Å². The van der Waals surface area contributed by atoms with Gasteiger partial charge in [0.15, 0.2) is 0 Å². The molecule has 1 heterocycles. The highest BCUT2D eigenvalue weighted by molar-refractivity contribution is 5.68. The lowest BCUT2D eigenvalue weighted by Gasteiger charge is -2.15. The molecule has 0 aromatic heterocycles. The van der Waals surface area contributed by atoms with Crippen molar-refractivity contribution in [3.05, 3.63) is 28.3 Å². The summed E-state index contributed by atoms with van der Waals surface area (Å²) in [5, 5.41) is 17.0. The van der Waals surface area contributed by atoms with Gasteiger partial charge in [0.05, 0.1) is 11.6 Å². The van der Waals surface area contributed by atoms with Crippen LogP contribution in [0.2, 0.25) is 0 Å². The predicted octanol–water partition coefficient (Wildman–Crippen LogP) is 1.64. The van der Waals surface area contributed by atoms with Gasteiger partial charge in [-0.2, -0.15) is 0 Å². The van der Waals surface area contributed by atoms with E-state index < -0.39 is 0 Å². The molecular formula is C14H23N5O2. The average Bonchev–Trinajstić information content (AvgIpc) is 2.88. The Labute approximate surface area is 125 Å². The maximum atomic E-state index is 10.9. The standard InChI is InChI=1S/C14H23N5O2/c1-15-13-10-12(4-5-14(13)19(20)21)16-6-3-7-18-9-8-17(2)11-18/h4-5,10,15-16H,3,6-9,11H2,1-2H3. The normalized spacial score (nSPS) is 16.1. The average molecular weight is 293 g/mol. The maximum Gasteiger partial charge on any atom is 0.292 e. The fraction of sp³-hybridized carbons (Fsp3) is 0.571. The van der Waals surface area contributed by atoms with Crippen LogP contribution in [0.25, 0.3) is 0 Å². The smallest absolute Gasteiger partial charge is 0.292 e. The van der Waals surface area contributed by atoms with Crippen LogP contribution in [-0.4, -0.2) is 61.7 Å². The first-order chi connectivity index (χ1) is 10.1. The Morgan fingerprint density at radius 1 is 1.38 bits per heavy atom. The van der Waals surface area contributed by atoms with Crippen molar-refractivity contribution < 1.29 is 4.92 Å². The number of nitrogens with zero attached hydrogens (tertiary/aromatic N) is 3. The van der Waals surface area contributed by atoms with E-state index in [4.69, 9.17) is 0 Å². The number of benzene rings is 1. The van der Waals surface area contributed by atoms with E-state index in [0.29, 0.717) is 5.69 Å². The van der Waals surface area contributed by atoms with Crippen LogP contribution >= 0.6 is 0 Å². The number of hydrogen-bond acceptors (Lipinski definition) is 6. The van der Waals surface area contributed by atoms with E-state index in [-0.39, 0.29) is 10.6 Å². The SMILES string of the molecule is CNc1cc(NCCCN2CCN(C)C2)ccc1[N+](=O)[O-]. The summed E-state index contributed by atoms with van der Waals surface area (Å²) in [5.41, 5.74) is 1.54. The van der Waals surface area contributed by atoms with Crippen molar-refractivity contribution in [3.63, 3.8) is 0 Å².